The minimum atomic E-state index is -0.513. The van der Waals surface area contributed by atoms with Crippen LogP contribution in [0, 0.1) is 6.92 Å². The molecule has 0 aromatic heterocycles. The molecule has 1 unspecified atom stereocenters. The van der Waals surface area contributed by atoms with Crippen LogP contribution in [0.5, 0.6) is 11.5 Å². The lowest BCUT2D eigenvalue weighted by Crippen LogP contribution is -2.41. The van der Waals surface area contributed by atoms with E-state index in [9.17, 15) is 9.59 Å². The zero-order chi connectivity index (χ0) is 19.0. The summed E-state index contributed by atoms with van der Waals surface area (Å²) in [4.78, 5) is 26.8. The molecule has 1 fully saturated rings. The van der Waals surface area contributed by atoms with Crippen molar-refractivity contribution in [2.45, 2.75) is 32.4 Å². The van der Waals surface area contributed by atoms with E-state index < -0.39 is 6.04 Å². The van der Waals surface area contributed by atoms with E-state index in [4.69, 9.17) is 21.1 Å². The summed E-state index contributed by atoms with van der Waals surface area (Å²) in [6.07, 6.45) is 0.853. The molecule has 0 saturated carbocycles. The van der Waals surface area contributed by atoms with Crippen LogP contribution in [0.3, 0.4) is 0 Å². The first-order chi connectivity index (χ1) is 13.0. The average molecular weight is 387 g/mol. The van der Waals surface area contributed by atoms with Gasteiger partial charge in [-0.05, 0) is 48.7 Å². The first kappa shape index (κ1) is 17.7. The fraction of sp³-hybridized carbons (Fsp3) is 0.300. The van der Waals surface area contributed by atoms with Crippen LogP contribution < -0.4 is 14.8 Å². The van der Waals surface area contributed by atoms with E-state index in [1.54, 1.807) is 17.0 Å². The fourth-order valence-corrected chi connectivity index (χ4v) is 3.56. The Balaban J connectivity index is 1.50. The average Bonchev–Trinajstić information content (AvgIpc) is 3.25. The standard InChI is InChI=1S/C20H19ClN2O4/c1-12-2-4-14(21)9-15(12)22-20(25)16-5-7-19(24)23(16)10-13-3-6-17-18(8-13)27-11-26-17/h2-4,6,8-9,16H,5,7,10-11H2,1H3,(H,22,25). The molecular formula is C20H19ClN2O4. The maximum atomic E-state index is 12.8. The van der Waals surface area contributed by atoms with Gasteiger partial charge < -0.3 is 19.7 Å². The van der Waals surface area contributed by atoms with E-state index >= 15 is 0 Å². The minimum absolute atomic E-state index is 0.0318. The summed E-state index contributed by atoms with van der Waals surface area (Å²) < 4.78 is 10.7. The third-order valence-electron chi connectivity index (χ3n) is 4.88. The number of anilines is 1. The summed E-state index contributed by atoms with van der Waals surface area (Å²) in [6, 6.07) is 10.4. The summed E-state index contributed by atoms with van der Waals surface area (Å²) in [5, 5.41) is 3.46. The number of hydrogen-bond donors (Lipinski definition) is 1. The summed E-state index contributed by atoms with van der Waals surface area (Å²) in [6.45, 7) is 2.45. The Bertz CT molecular complexity index is 915. The molecule has 1 atom stereocenters. The highest BCUT2D eigenvalue weighted by molar-refractivity contribution is 6.31. The zero-order valence-corrected chi connectivity index (χ0v) is 15.6. The third kappa shape index (κ3) is 3.57. The first-order valence-corrected chi connectivity index (χ1v) is 9.14. The molecule has 2 heterocycles. The molecule has 140 valence electrons. The number of fused-ring (bicyclic) bond motifs is 1. The number of amides is 2. The lowest BCUT2D eigenvalue weighted by atomic mass is 10.1. The maximum absolute atomic E-state index is 12.8. The molecule has 4 rings (SSSR count). The molecular weight excluding hydrogens is 368 g/mol. The third-order valence-corrected chi connectivity index (χ3v) is 5.11. The Morgan fingerprint density at radius 1 is 1.22 bits per heavy atom. The molecule has 2 aliphatic heterocycles. The lowest BCUT2D eigenvalue weighted by molar-refractivity contribution is -0.133. The SMILES string of the molecule is Cc1ccc(Cl)cc1NC(=O)C1CCC(=O)N1Cc1ccc2c(c1)OCO2. The van der Waals surface area contributed by atoms with Gasteiger partial charge in [-0.1, -0.05) is 23.7 Å². The number of ether oxygens (including phenoxy) is 2. The molecule has 0 spiro atoms. The number of hydrogen-bond acceptors (Lipinski definition) is 4. The van der Waals surface area contributed by atoms with Crippen LogP contribution >= 0.6 is 11.6 Å². The molecule has 27 heavy (non-hydrogen) atoms. The van der Waals surface area contributed by atoms with Gasteiger partial charge in [-0.25, -0.2) is 0 Å². The van der Waals surface area contributed by atoms with Gasteiger partial charge in [0.25, 0.3) is 0 Å². The quantitative estimate of drug-likeness (QED) is 0.873. The molecule has 2 aromatic rings. The molecule has 2 aliphatic rings. The summed E-state index contributed by atoms with van der Waals surface area (Å²) >= 11 is 6.03. The van der Waals surface area contributed by atoms with Gasteiger partial charge in [0, 0.05) is 23.7 Å². The second-order valence-corrected chi connectivity index (χ2v) is 7.15. The van der Waals surface area contributed by atoms with Crippen LogP contribution in [0.25, 0.3) is 0 Å². The van der Waals surface area contributed by atoms with Gasteiger partial charge in [0.2, 0.25) is 18.6 Å². The zero-order valence-electron chi connectivity index (χ0n) is 14.8. The van der Waals surface area contributed by atoms with E-state index in [-0.39, 0.29) is 18.6 Å². The van der Waals surface area contributed by atoms with Crippen LogP contribution in [-0.4, -0.2) is 29.5 Å². The Morgan fingerprint density at radius 2 is 2.04 bits per heavy atom. The Hall–Kier alpha value is -2.73. The van der Waals surface area contributed by atoms with Gasteiger partial charge in [-0.15, -0.1) is 0 Å². The number of benzene rings is 2. The molecule has 1 saturated heterocycles. The van der Waals surface area contributed by atoms with Crippen molar-refractivity contribution in [3.8, 4) is 11.5 Å². The molecule has 7 heteroatoms. The highest BCUT2D eigenvalue weighted by atomic mass is 35.5. The number of likely N-dealkylation sites (tertiary alicyclic amines) is 1. The smallest absolute Gasteiger partial charge is 0.247 e. The van der Waals surface area contributed by atoms with Gasteiger partial charge in [0.1, 0.15) is 6.04 Å². The van der Waals surface area contributed by atoms with Gasteiger partial charge in [0.15, 0.2) is 11.5 Å². The number of carbonyl (C=O) groups excluding carboxylic acids is 2. The van der Waals surface area contributed by atoms with Crippen LogP contribution in [0.4, 0.5) is 5.69 Å². The van der Waals surface area contributed by atoms with Crippen molar-refractivity contribution in [2.24, 2.45) is 0 Å². The number of aryl methyl sites for hydroxylation is 1. The van der Waals surface area contributed by atoms with E-state index in [0.717, 1.165) is 11.1 Å². The van der Waals surface area contributed by atoms with Crippen molar-refractivity contribution in [3.05, 3.63) is 52.5 Å². The second-order valence-electron chi connectivity index (χ2n) is 6.71. The maximum Gasteiger partial charge on any atom is 0.247 e. The van der Waals surface area contributed by atoms with Crippen molar-refractivity contribution in [2.75, 3.05) is 12.1 Å². The number of carbonyl (C=O) groups is 2. The van der Waals surface area contributed by atoms with Crippen LogP contribution in [0.1, 0.15) is 24.0 Å². The number of nitrogens with one attached hydrogen (secondary N) is 1. The van der Waals surface area contributed by atoms with E-state index in [1.165, 1.54) is 0 Å². The van der Waals surface area contributed by atoms with Gasteiger partial charge >= 0.3 is 0 Å². The van der Waals surface area contributed by atoms with Crippen LogP contribution in [0.15, 0.2) is 36.4 Å². The molecule has 0 radical (unpaired) electrons. The number of rotatable bonds is 4. The monoisotopic (exact) mass is 386 g/mol. The lowest BCUT2D eigenvalue weighted by Gasteiger charge is -2.24. The Kier molecular flexibility index (Phi) is 4.66. The summed E-state index contributed by atoms with van der Waals surface area (Å²) in [7, 11) is 0. The number of halogens is 1. The Morgan fingerprint density at radius 3 is 2.89 bits per heavy atom. The van der Waals surface area contributed by atoms with Gasteiger partial charge in [-0.2, -0.15) is 0 Å². The van der Waals surface area contributed by atoms with Crippen LogP contribution in [0.2, 0.25) is 5.02 Å². The van der Waals surface area contributed by atoms with Crippen molar-refractivity contribution < 1.29 is 19.1 Å². The predicted molar refractivity (Wildman–Crippen MR) is 101 cm³/mol. The van der Waals surface area contributed by atoms with Crippen molar-refractivity contribution >= 4 is 29.1 Å². The highest BCUT2D eigenvalue weighted by Crippen LogP contribution is 2.34. The van der Waals surface area contributed by atoms with Crippen molar-refractivity contribution in [1.29, 1.82) is 0 Å². The van der Waals surface area contributed by atoms with E-state index in [2.05, 4.69) is 5.32 Å². The number of nitrogens with zero attached hydrogens (tertiary/aromatic N) is 1. The molecule has 2 amide bonds. The molecule has 0 aliphatic carbocycles. The molecule has 1 N–H and O–H groups in total. The predicted octanol–water partition coefficient (Wildman–Crippen LogP) is 3.51. The van der Waals surface area contributed by atoms with Crippen LogP contribution in [-0.2, 0) is 16.1 Å². The highest BCUT2D eigenvalue weighted by Gasteiger charge is 2.36. The summed E-state index contributed by atoms with van der Waals surface area (Å²) in [5.74, 6) is 1.12. The Labute approximate surface area is 162 Å². The van der Waals surface area contributed by atoms with E-state index in [0.29, 0.717) is 41.6 Å². The van der Waals surface area contributed by atoms with Crippen molar-refractivity contribution in [3.63, 3.8) is 0 Å². The van der Waals surface area contributed by atoms with Gasteiger partial charge in [0.05, 0.1) is 0 Å². The molecule has 2 aromatic carbocycles. The van der Waals surface area contributed by atoms with E-state index in [1.807, 2.05) is 31.2 Å². The molecule has 0 bridgehead atoms. The normalized spacial score (nSPS) is 18.1. The van der Waals surface area contributed by atoms with Crippen molar-refractivity contribution in [1.82, 2.24) is 4.90 Å². The second kappa shape index (κ2) is 7.12. The first-order valence-electron chi connectivity index (χ1n) is 8.76. The van der Waals surface area contributed by atoms with Gasteiger partial charge in [-0.3, -0.25) is 9.59 Å². The largest absolute Gasteiger partial charge is 0.454 e. The minimum Gasteiger partial charge on any atom is -0.454 e. The topological polar surface area (TPSA) is 67.9 Å². The molecule has 6 nitrogen and oxygen atoms in total. The summed E-state index contributed by atoms with van der Waals surface area (Å²) in [5.41, 5.74) is 2.47. The fourth-order valence-electron chi connectivity index (χ4n) is 3.39.